The van der Waals surface area contributed by atoms with Crippen LogP contribution in [0.25, 0.3) is 0 Å². The number of allylic oxidation sites excluding steroid dienone is 1. The number of aliphatic hydroxyl groups is 1. The van der Waals surface area contributed by atoms with Crippen LogP contribution in [0.1, 0.15) is 37.0 Å². The van der Waals surface area contributed by atoms with Crippen molar-refractivity contribution in [2.45, 2.75) is 32.8 Å². The molecule has 0 radical (unpaired) electrons. The highest BCUT2D eigenvalue weighted by Crippen LogP contribution is 2.24. The molecule has 0 saturated carbocycles. The van der Waals surface area contributed by atoms with Gasteiger partial charge in [0.1, 0.15) is 0 Å². The fraction of sp³-hybridized carbons (Fsp3) is 0.385. The molecule has 1 atom stereocenters. The summed E-state index contributed by atoms with van der Waals surface area (Å²) < 4.78 is 0. The second-order valence-electron chi connectivity index (χ2n) is 4.02. The third-order valence-electron chi connectivity index (χ3n) is 2.41. The fourth-order valence-electron chi connectivity index (χ4n) is 1.42. The van der Waals surface area contributed by atoms with Gasteiger partial charge in [-0.2, -0.15) is 0 Å². The van der Waals surface area contributed by atoms with Crippen molar-refractivity contribution in [3.05, 3.63) is 46.5 Å². The Morgan fingerprint density at radius 2 is 2.20 bits per heavy atom. The summed E-state index contributed by atoms with van der Waals surface area (Å²) in [5.74, 6) is 0. The van der Waals surface area contributed by atoms with Gasteiger partial charge in [0.05, 0.1) is 6.10 Å². The molecule has 82 valence electrons. The Balaban J connectivity index is 2.69. The highest BCUT2D eigenvalue weighted by molar-refractivity contribution is 6.31. The quantitative estimate of drug-likeness (QED) is 0.766. The van der Waals surface area contributed by atoms with Gasteiger partial charge in [-0.3, -0.25) is 0 Å². The number of hydrogen-bond donors (Lipinski definition) is 1. The SMILES string of the molecule is C=C(C)CCC(O)c1ccc(Cl)c(C)c1. The van der Waals surface area contributed by atoms with Crippen molar-refractivity contribution in [3.8, 4) is 0 Å². The molecule has 0 fully saturated rings. The van der Waals surface area contributed by atoms with Crippen LogP contribution in [0.3, 0.4) is 0 Å². The van der Waals surface area contributed by atoms with Crippen LogP contribution in [0.5, 0.6) is 0 Å². The van der Waals surface area contributed by atoms with Crippen LogP contribution >= 0.6 is 11.6 Å². The van der Waals surface area contributed by atoms with E-state index in [1.165, 1.54) is 0 Å². The molecule has 0 spiro atoms. The van der Waals surface area contributed by atoms with Gasteiger partial charge < -0.3 is 5.11 Å². The summed E-state index contributed by atoms with van der Waals surface area (Å²) in [4.78, 5) is 0. The second kappa shape index (κ2) is 5.34. The summed E-state index contributed by atoms with van der Waals surface area (Å²) >= 11 is 5.92. The van der Waals surface area contributed by atoms with Crippen LogP contribution in [0.4, 0.5) is 0 Å². The Morgan fingerprint density at radius 1 is 1.53 bits per heavy atom. The Hall–Kier alpha value is -0.790. The van der Waals surface area contributed by atoms with Crippen LogP contribution in [0.2, 0.25) is 5.02 Å². The molecule has 0 heterocycles. The number of hydrogen-bond acceptors (Lipinski definition) is 1. The van der Waals surface area contributed by atoms with Gasteiger partial charge >= 0.3 is 0 Å². The van der Waals surface area contributed by atoms with Crippen molar-refractivity contribution in [2.24, 2.45) is 0 Å². The zero-order valence-corrected chi connectivity index (χ0v) is 10.0. The fourth-order valence-corrected chi connectivity index (χ4v) is 1.54. The zero-order chi connectivity index (χ0) is 11.4. The van der Waals surface area contributed by atoms with Gasteiger partial charge in [-0.15, -0.1) is 6.58 Å². The van der Waals surface area contributed by atoms with Crippen LogP contribution in [-0.4, -0.2) is 5.11 Å². The van der Waals surface area contributed by atoms with E-state index in [1.807, 2.05) is 32.0 Å². The van der Waals surface area contributed by atoms with E-state index in [4.69, 9.17) is 11.6 Å². The third-order valence-corrected chi connectivity index (χ3v) is 2.84. The lowest BCUT2D eigenvalue weighted by Crippen LogP contribution is -1.98. The molecule has 1 N–H and O–H groups in total. The Bertz CT molecular complexity index is 358. The molecule has 1 rings (SSSR count). The Labute approximate surface area is 96.4 Å². The molecular formula is C13H17ClO. The van der Waals surface area contributed by atoms with E-state index in [0.717, 1.165) is 34.6 Å². The van der Waals surface area contributed by atoms with E-state index in [1.54, 1.807) is 0 Å². The van der Waals surface area contributed by atoms with E-state index < -0.39 is 6.10 Å². The van der Waals surface area contributed by atoms with Gasteiger partial charge in [-0.1, -0.05) is 29.3 Å². The minimum Gasteiger partial charge on any atom is -0.388 e. The van der Waals surface area contributed by atoms with Crippen molar-refractivity contribution >= 4 is 11.6 Å². The smallest absolute Gasteiger partial charge is 0.0793 e. The predicted molar refractivity (Wildman–Crippen MR) is 65.2 cm³/mol. The molecule has 0 aliphatic heterocycles. The first-order valence-corrected chi connectivity index (χ1v) is 5.47. The average Bonchev–Trinajstić information content (AvgIpc) is 2.18. The van der Waals surface area contributed by atoms with Gasteiger partial charge in [-0.25, -0.2) is 0 Å². The van der Waals surface area contributed by atoms with Crippen LogP contribution < -0.4 is 0 Å². The topological polar surface area (TPSA) is 20.2 Å². The van der Waals surface area contributed by atoms with Gasteiger partial charge in [0.25, 0.3) is 0 Å². The first-order chi connectivity index (χ1) is 7.00. The first-order valence-electron chi connectivity index (χ1n) is 5.09. The lowest BCUT2D eigenvalue weighted by atomic mass is 10.0. The minimum absolute atomic E-state index is 0.419. The molecule has 0 bridgehead atoms. The number of rotatable bonds is 4. The summed E-state index contributed by atoms with van der Waals surface area (Å²) in [6.45, 7) is 7.73. The monoisotopic (exact) mass is 224 g/mol. The lowest BCUT2D eigenvalue weighted by Gasteiger charge is -2.12. The van der Waals surface area contributed by atoms with Crippen LogP contribution in [0, 0.1) is 6.92 Å². The maximum atomic E-state index is 9.90. The second-order valence-corrected chi connectivity index (χ2v) is 4.43. The van der Waals surface area contributed by atoms with Gasteiger partial charge in [-0.05, 0) is 43.9 Å². The summed E-state index contributed by atoms with van der Waals surface area (Å²) in [5.41, 5.74) is 3.03. The Kier molecular flexibility index (Phi) is 4.37. The van der Waals surface area contributed by atoms with Crippen molar-refractivity contribution in [1.82, 2.24) is 0 Å². The van der Waals surface area contributed by atoms with Gasteiger partial charge in [0.2, 0.25) is 0 Å². The minimum atomic E-state index is -0.419. The zero-order valence-electron chi connectivity index (χ0n) is 9.26. The molecule has 1 aromatic carbocycles. The lowest BCUT2D eigenvalue weighted by molar-refractivity contribution is 0.168. The molecule has 0 saturated heterocycles. The molecule has 1 aromatic rings. The molecule has 15 heavy (non-hydrogen) atoms. The highest BCUT2D eigenvalue weighted by atomic mass is 35.5. The molecule has 1 nitrogen and oxygen atoms in total. The van der Waals surface area contributed by atoms with E-state index >= 15 is 0 Å². The van der Waals surface area contributed by atoms with Crippen molar-refractivity contribution in [1.29, 1.82) is 0 Å². The van der Waals surface area contributed by atoms with E-state index in [9.17, 15) is 5.11 Å². The summed E-state index contributed by atoms with van der Waals surface area (Å²) in [5, 5.41) is 10.6. The highest BCUT2D eigenvalue weighted by Gasteiger charge is 2.08. The van der Waals surface area contributed by atoms with Crippen LogP contribution in [0.15, 0.2) is 30.4 Å². The van der Waals surface area contributed by atoms with Gasteiger partial charge in [0, 0.05) is 5.02 Å². The summed E-state index contributed by atoms with van der Waals surface area (Å²) in [7, 11) is 0. The normalized spacial score (nSPS) is 12.5. The predicted octanol–water partition coefficient (Wildman–Crippen LogP) is 4.04. The van der Waals surface area contributed by atoms with Crippen molar-refractivity contribution < 1.29 is 5.11 Å². The van der Waals surface area contributed by atoms with Crippen LogP contribution in [-0.2, 0) is 0 Å². The van der Waals surface area contributed by atoms with Gasteiger partial charge in [0.15, 0.2) is 0 Å². The molecule has 1 unspecified atom stereocenters. The average molecular weight is 225 g/mol. The first kappa shape index (κ1) is 12.3. The molecular weight excluding hydrogens is 208 g/mol. The van der Waals surface area contributed by atoms with E-state index in [0.29, 0.717) is 0 Å². The molecule has 0 aliphatic carbocycles. The van der Waals surface area contributed by atoms with Crippen molar-refractivity contribution in [2.75, 3.05) is 0 Å². The summed E-state index contributed by atoms with van der Waals surface area (Å²) in [6.07, 6.45) is 1.15. The molecule has 0 aliphatic rings. The Morgan fingerprint density at radius 3 is 2.73 bits per heavy atom. The number of benzene rings is 1. The number of halogens is 1. The standard InChI is InChI=1S/C13H17ClO/c1-9(2)4-7-13(15)11-5-6-12(14)10(3)8-11/h5-6,8,13,15H,1,4,7H2,2-3H3. The molecule has 0 amide bonds. The largest absolute Gasteiger partial charge is 0.388 e. The molecule has 0 aromatic heterocycles. The molecule has 2 heteroatoms. The maximum absolute atomic E-state index is 9.90. The summed E-state index contributed by atoms with van der Waals surface area (Å²) in [6, 6.07) is 5.64. The third kappa shape index (κ3) is 3.69. The number of aliphatic hydroxyl groups excluding tert-OH is 1. The van der Waals surface area contributed by atoms with E-state index in [2.05, 4.69) is 6.58 Å². The number of aryl methyl sites for hydroxylation is 1. The van der Waals surface area contributed by atoms with Crippen molar-refractivity contribution in [3.63, 3.8) is 0 Å². The maximum Gasteiger partial charge on any atom is 0.0793 e. The van der Waals surface area contributed by atoms with E-state index in [-0.39, 0.29) is 0 Å².